The van der Waals surface area contributed by atoms with Crippen LogP contribution in [0.5, 0.6) is 0 Å². The van der Waals surface area contributed by atoms with Crippen molar-refractivity contribution in [3.05, 3.63) is 0 Å². The van der Waals surface area contributed by atoms with E-state index in [1.54, 1.807) is 0 Å². The van der Waals surface area contributed by atoms with Gasteiger partial charge in [0, 0.05) is 11.6 Å². The molecule has 0 radical (unpaired) electrons. The van der Waals surface area contributed by atoms with E-state index in [4.69, 9.17) is 0 Å². The van der Waals surface area contributed by atoms with Crippen LogP contribution in [0.1, 0.15) is 51.4 Å². The molecule has 2 fully saturated rings. The highest BCUT2D eigenvalue weighted by Crippen LogP contribution is 2.42. The van der Waals surface area contributed by atoms with Gasteiger partial charge in [-0.25, -0.2) is 0 Å². The van der Waals surface area contributed by atoms with Gasteiger partial charge in [-0.2, -0.15) is 0 Å². The Balaban J connectivity index is 2.14. The zero-order chi connectivity index (χ0) is 11.6. The molecule has 2 nitrogen and oxygen atoms in total. The van der Waals surface area contributed by atoms with Gasteiger partial charge in [0.1, 0.15) is 0 Å². The summed E-state index contributed by atoms with van der Waals surface area (Å²) in [6, 6.07) is 0.719. The monoisotopic (exact) mass is 224 g/mol. The summed E-state index contributed by atoms with van der Waals surface area (Å²) in [6.45, 7) is 0. The van der Waals surface area contributed by atoms with E-state index in [-0.39, 0.29) is 0 Å². The van der Waals surface area contributed by atoms with E-state index in [1.165, 1.54) is 51.4 Å². The van der Waals surface area contributed by atoms with Gasteiger partial charge in [-0.1, -0.05) is 25.7 Å². The number of nitrogens with zero attached hydrogens (tertiary/aromatic N) is 1. The molecule has 0 aliphatic heterocycles. The summed E-state index contributed by atoms with van der Waals surface area (Å²) in [4.78, 5) is 2.52. The SMILES string of the molecule is CNC(C1CCC1)C1(N(C)C)CCCCC1. The van der Waals surface area contributed by atoms with Crippen LogP contribution in [0.15, 0.2) is 0 Å². The molecule has 0 heterocycles. The second-order valence-corrected chi connectivity index (χ2v) is 6.02. The molecule has 0 bridgehead atoms. The van der Waals surface area contributed by atoms with Gasteiger partial charge in [0.2, 0.25) is 0 Å². The Kier molecular flexibility index (Phi) is 3.91. The highest BCUT2D eigenvalue weighted by molar-refractivity contribution is 5.04. The first-order valence-corrected chi connectivity index (χ1v) is 7.05. The predicted octanol–water partition coefficient (Wildman–Crippen LogP) is 2.64. The molecular formula is C14H28N2. The van der Waals surface area contributed by atoms with Gasteiger partial charge in [0.05, 0.1) is 0 Å². The lowest BCUT2D eigenvalue weighted by Crippen LogP contribution is -2.62. The molecule has 1 atom stereocenters. The van der Waals surface area contributed by atoms with Gasteiger partial charge in [-0.05, 0) is 52.7 Å². The minimum atomic E-state index is 0.443. The average Bonchev–Trinajstić information content (AvgIpc) is 2.23. The Hall–Kier alpha value is -0.0800. The van der Waals surface area contributed by atoms with E-state index >= 15 is 0 Å². The Labute approximate surface area is 101 Å². The Morgan fingerprint density at radius 1 is 1.06 bits per heavy atom. The topological polar surface area (TPSA) is 15.3 Å². The summed E-state index contributed by atoms with van der Waals surface area (Å²) < 4.78 is 0. The fraction of sp³-hybridized carbons (Fsp3) is 1.00. The molecule has 1 N–H and O–H groups in total. The summed E-state index contributed by atoms with van der Waals surface area (Å²) in [7, 11) is 6.74. The van der Waals surface area contributed by atoms with Crippen LogP contribution in [-0.4, -0.2) is 37.6 Å². The second-order valence-electron chi connectivity index (χ2n) is 6.02. The van der Waals surface area contributed by atoms with E-state index in [1.807, 2.05) is 0 Å². The molecule has 1 unspecified atom stereocenters. The highest BCUT2D eigenvalue weighted by Gasteiger charge is 2.45. The summed E-state index contributed by atoms with van der Waals surface area (Å²) in [5.41, 5.74) is 0.443. The molecule has 0 aromatic rings. The van der Waals surface area contributed by atoms with Crippen molar-refractivity contribution in [1.29, 1.82) is 0 Å². The standard InChI is InChI=1S/C14H28N2/c1-15-13(12-8-7-9-12)14(16(2)3)10-5-4-6-11-14/h12-13,15H,4-11H2,1-3H3. The third kappa shape index (κ3) is 2.02. The number of hydrogen-bond donors (Lipinski definition) is 1. The Morgan fingerprint density at radius 2 is 1.69 bits per heavy atom. The Morgan fingerprint density at radius 3 is 2.06 bits per heavy atom. The van der Waals surface area contributed by atoms with Crippen LogP contribution in [-0.2, 0) is 0 Å². The van der Waals surface area contributed by atoms with Crippen LogP contribution < -0.4 is 5.32 Å². The first-order chi connectivity index (χ1) is 7.70. The van der Waals surface area contributed by atoms with E-state index in [2.05, 4.69) is 31.4 Å². The maximum atomic E-state index is 3.65. The summed E-state index contributed by atoms with van der Waals surface area (Å²) in [5.74, 6) is 0.936. The highest BCUT2D eigenvalue weighted by atomic mass is 15.2. The predicted molar refractivity (Wildman–Crippen MR) is 69.7 cm³/mol. The molecule has 0 spiro atoms. The number of likely N-dealkylation sites (N-methyl/N-ethyl adjacent to an activating group) is 2. The summed E-state index contributed by atoms with van der Waals surface area (Å²) in [6.07, 6.45) is 11.4. The molecule has 0 aromatic carbocycles. The third-order valence-corrected chi connectivity index (χ3v) is 5.12. The Bertz CT molecular complexity index is 215. The van der Waals surface area contributed by atoms with Crippen LogP contribution >= 0.6 is 0 Å². The smallest absolute Gasteiger partial charge is 0.0359 e. The number of hydrogen-bond acceptors (Lipinski definition) is 2. The molecule has 2 aliphatic rings. The van der Waals surface area contributed by atoms with Crippen molar-refractivity contribution < 1.29 is 0 Å². The first kappa shape index (κ1) is 12.4. The number of rotatable bonds is 4. The lowest BCUT2D eigenvalue weighted by molar-refractivity contribution is 0.0170. The maximum Gasteiger partial charge on any atom is 0.0359 e. The lowest BCUT2D eigenvalue weighted by atomic mass is 9.66. The normalized spacial score (nSPS) is 27.8. The van der Waals surface area contributed by atoms with Crippen molar-refractivity contribution in [2.24, 2.45) is 5.92 Å². The molecule has 0 amide bonds. The molecule has 0 saturated heterocycles. The van der Waals surface area contributed by atoms with Crippen LogP contribution in [0.2, 0.25) is 0 Å². The van der Waals surface area contributed by atoms with Crippen LogP contribution in [0.3, 0.4) is 0 Å². The van der Waals surface area contributed by atoms with Gasteiger partial charge in [-0.15, -0.1) is 0 Å². The van der Waals surface area contributed by atoms with Crippen molar-refractivity contribution in [2.45, 2.75) is 62.9 Å². The van der Waals surface area contributed by atoms with Crippen molar-refractivity contribution in [3.8, 4) is 0 Å². The van der Waals surface area contributed by atoms with E-state index in [0.29, 0.717) is 5.54 Å². The minimum absolute atomic E-state index is 0.443. The first-order valence-electron chi connectivity index (χ1n) is 7.05. The molecular weight excluding hydrogens is 196 g/mol. The van der Waals surface area contributed by atoms with Crippen LogP contribution in [0.25, 0.3) is 0 Å². The van der Waals surface area contributed by atoms with E-state index < -0.39 is 0 Å². The van der Waals surface area contributed by atoms with Crippen molar-refractivity contribution >= 4 is 0 Å². The van der Waals surface area contributed by atoms with E-state index in [0.717, 1.165) is 12.0 Å². The fourth-order valence-corrected chi connectivity index (χ4v) is 3.92. The largest absolute Gasteiger partial charge is 0.315 e. The fourth-order valence-electron chi connectivity index (χ4n) is 3.92. The molecule has 2 aliphatic carbocycles. The quantitative estimate of drug-likeness (QED) is 0.790. The average molecular weight is 224 g/mol. The zero-order valence-corrected chi connectivity index (χ0v) is 11.3. The van der Waals surface area contributed by atoms with Crippen molar-refractivity contribution in [2.75, 3.05) is 21.1 Å². The molecule has 2 saturated carbocycles. The second kappa shape index (κ2) is 5.05. The minimum Gasteiger partial charge on any atom is -0.315 e. The van der Waals surface area contributed by atoms with Gasteiger partial charge in [0.25, 0.3) is 0 Å². The molecule has 94 valence electrons. The lowest BCUT2D eigenvalue weighted by Gasteiger charge is -2.53. The number of nitrogens with one attached hydrogen (secondary N) is 1. The molecule has 0 aromatic heterocycles. The van der Waals surface area contributed by atoms with Gasteiger partial charge in [0.15, 0.2) is 0 Å². The summed E-state index contributed by atoms with van der Waals surface area (Å²) >= 11 is 0. The zero-order valence-electron chi connectivity index (χ0n) is 11.3. The third-order valence-electron chi connectivity index (χ3n) is 5.12. The van der Waals surface area contributed by atoms with Crippen LogP contribution in [0, 0.1) is 5.92 Å². The van der Waals surface area contributed by atoms with Gasteiger partial charge in [-0.3, -0.25) is 0 Å². The van der Waals surface area contributed by atoms with Crippen molar-refractivity contribution in [1.82, 2.24) is 10.2 Å². The maximum absolute atomic E-state index is 3.65. The van der Waals surface area contributed by atoms with Crippen molar-refractivity contribution in [3.63, 3.8) is 0 Å². The molecule has 16 heavy (non-hydrogen) atoms. The van der Waals surface area contributed by atoms with E-state index in [9.17, 15) is 0 Å². The van der Waals surface area contributed by atoms with Gasteiger partial charge >= 0.3 is 0 Å². The molecule has 2 heteroatoms. The van der Waals surface area contributed by atoms with Crippen LogP contribution in [0.4, 0.5) is 0 Å². The van der Waals surface area contributed by atoms with Gasteiger partial charge < -0.3 is 10.2 Å². The molecule has 2 rings (SSSR count). The summed E-state index contributed by atoms with van der Waals surface area (Å²) in [5, 5.41) is 3.65.